The second kappa shape index (κ2) is 6.76. The molecule has 0 radical (unpaired) electrons. The highest BCUT2D eigenvalue weighted by atomic mass is 19.1. The first-order chi connectivity index (χ1) is 10.0. The van der Waals surface area contributed by atoms with Crippen molar-refractivity contribution in [3.05, 3.63) is 70.5 Å². The Bertz CT molecular complexity index is 625. The van der Waals surface area contributed by atoms with Crippen molar-refractivity contribution in [1.82, 2.24) is 5.32 Å². The minimum absolute atomic E-state index is 0.218. The quantitative estimate of drug-likeness (QED) is 0.866. The van der Waals surface area contributed by atoms with Crippen LogP contribution in [0.15, 0.2) is 36.4 Å². The van der Waals surface area contributed by atoms with E-state index in [4.69, 9.17) is 0 Å². The van der Waals surface area contributed by atoms with Crippen molar-refractivity contribution in [3.8, 4) is 0 Å². The fraction of sp³-hybridized carbons (Fsp3) is 0.294. The molecule has 1 atom stereocenters. The van der Waals surface area contributed by atoms with Gasteiger partial charge in [-0.15, -0.1) is 0 Å². The van der Waals surface area contributed by atoms with Gasteiger partial charge in [0, 0.05) is 12.1 Å². The lowest BCUT2D eigenvalue weighted by Crippen LogP contribution is -2.23. The average molecular weight is 293 g/mol. The third-order valence-electron chi connectivity index (χ3n) is 3.49. The minimum atomic E-state index is -0.599. The molecule has 21 heavy (non-hydrogen) atoms. The molecule has 2 rings (SSSR count). The van der Waals surface area contributed by atoms with Gasteiger partial charge in [0.25, 0.3) is 0 Å². The van der Waals surface area contributed by atoms with E-state index in [2.05, 4.69) is 5.32 Å². The standard InChI is InChI=1S/C17H18F3N/c1-3-21-17(13-5-4-11(2)15(19)8-13)9-12-6-7-14(18)10-16(12)20/h4-8,10,17,21H,3,9H2,1-2H3. The molecule has 0 bridgehead atoms. The van der Waals surface area contributed by atoms with Crippen LogP contribution in [0.4, 0.5) is 13.2 Å². The molecule has 1 N–H and O–H groups in total. The second-order valence-corrected chi connectivity index (χ2v) is 5.06. The van der Waals surface area contributed by atoms with Gasteiger partial charge in [-0.25, -0.2) is 13.2 Å². The maximum absolute atomic E-state index is 13.8. The summed E-state index contributed by atoms with van der Waals surface area (Å²) in [5, 5.41) is 3.21. The summed E-state index contributed by atoms with van der Waals surface area (Å²) >= 11 is 0. The largest absolute Gasteiger partial charge is 0.310 e. The van der Waals surface area contributed by atoms with Crippen molar-refractivity contribution >= 4 is 0 Å². The van der Waals surface area contributed by atoms with Gasteiger partial charge in [-0.1, -0.05) is 25.1 Å². The number of hydrogen-bond acceptors (Lipinski definition) is 1. The van der Waals surface area contributed by atoms with Gasteiger partial charge in [-0.3, -0.25) is 0 Å². The maximum Gasteiger partial charge on any atom is 0.129 e. The lowest BCUT2D eigenvalue weighted by molar-refractivity contribution is 0.517. The summed E-state index contributed by atoms with van der Waals surface area (Å²) in [5.74, 6) is -1.46. The summed E-state index contributed by atoms with van der Waals surface area (Å²) in [7, 11) is 0. The lowest BCUT2D eigenvalue weighted by atomic mass is 9.97. The van der Waals surface area contributed by atoms with Crippen LogP contribution in [0.1, 0.15) is 29.7 Å². The van der Waals surface area contributed by atoms with Gasteiger partial charge in [0.2, 0.25) is 0 Å². The highest BCUT2D eigenvalue weighted by Crippen LogP contribution is 2.22. The molecule has 4 heteroatoms. The molecule has 1 unspecified atom stereocenters. The minimum Gasteiger partial charge on any atom is -0.310 e. The number of aryl methyl sites for hydroxylation is 1. The molecule has 112 valence electrons. The molecule has 0 aromatic heterocycles. The first kappa shape index (κ1) is 15.6. The Morgan fingerprint density at radius 3 is 2.38 bits per heavy atom. The Labute approximate surface area is 122 Å². The molecule has 0 spiro atoms. The number of nitrogens with one attached hydrogen (secondary N) is 1. The summed E-state index contributed by atoms with van der Waals surface area (Å²) in [5.41, 5.74) is 1.73. The molecule has 0 fully saturated rings. The fourth-order valence-electron chi connectivity index (χ4n) is 2.29. The summed E-state index contributed by atoms with van der Waals surface area (Å²) < 4.78 is 40.4. The SMILES string of the molecule is CCNC(Cc1ccc(F)cc1F)c1ccc(C)c(F)c1. The molecule has 0 aliphatic carbocycles. The van der Waals surface area contributed by atoms with E-state index in [9.17, 15) is 13.2 Å². The van der Waals surface area contributed by atoms with E-state index in [0.29, 0.717) is 24.1 Å². The third kappa shape index (κ3) is 3.85. The van der Waals surface area contributed by atoms with Gasteiger partial charge >= 0.3 is 0 Å². The van der Waals surface area contributed by atoms with E-state index in [-0.39, 0.29) is 11.9 Å². The normalized spacial score (nSPS) is 12.4. The van der Waals surface area contributed by atoms with Crippen LogP contribution in [0.5, 0.6) is 0 Å². The monoisotopic (exact) mass is 293 g/mol. The van der Waals surface area contributed by atoms with Crippen molar-refractivity contribution in [2.75, 3.05) is 6.54 Å². The molecule has 0 heterocycles. The first-order valence-electron chi connectivity index (χ1n) is 6.94. The number of rotatable bonds is 5. The Kier molecular flexibility index (Phi) is 5.02. The van der Waals surface area contributed by atoms with E-state index in [1.165, 1.54) is 18.2 Å². The van der Waals surface area contributed by atoms with Crippen molar-refractivity contribution in [2.45, 2.75) is 26.3 Å². The van der Waals surface area contributed by atoms with Crippen LogP contribution in [0.2, 0.25) is 0 Å². The molecule has 0 saturated carbocycles. The predicted molar refractivity (Wildman–Crippen MR) is 77.6 cm³/mol. The number of hydrogen-bond donors (Lipinski definition) is 1. The van der Waals surface area contributed by atoms with E-state index >= 15 is 0 Å². The Balaban J connectivity index is 2.28. The highest BCUT2D eigenvalue weighted by molar-refractivity contribution is 5.28. The summed E-state index contributed by atoms with van der Waals surface area (Å²) in [4.78, 5) is 0. The molecule has 0 amide bonds. The number of likely N-dealkylation sites (N-methyl/N-ethyl adjacent to an activating group) is 1. The fourth-order valence-corrected chi connectivity index (χ4v) is 2.29. The maximum atomic E-state index is 13.8. The number of benzene rings is 2. The highest BCUT2D eigenvalue weighted by Gasteiger charge is 2.15. The van der Waals surface area contributed by atoms with Crippen molar-refractivity contribution in [2.24, 2.45) is 0 Å². The van der Waals surface area contributed by atoms with Gasteiger partial charge < -0.3 is 5.32 Å². The van der Waals surface area contributed by atoms with Crippen LogP contribution in [0.3, 0.4) is 0 Å². The topological polar surface area (TPSA) is 12.0 Å². The van der Waals surface area contributed by atoms with E-state index in [1.807, 2.05) is 13.0 Å². The second-order valence-electron chi connectivity index (χ2n) is 5.06. The average Bonchev–Trinajstić information content (AvgIpc) is 2.44. The zero-order chi connectivity index (χ0) is 15.4. The number of halogens is 3. The molecule has 2 aromatic rings. The van der Waals surface area contributed by atoms with Crippen LogP contribution in [-0.4, -0.2) is 6.54 Å². The van der Waals surface area contributed by atoms with E-state index < -0.39 is 11.6 Å². The van der Waals surface area contributed by atoms with Crippen molar-refractivity contribution in [3.63, 3.8) is 0 Å². The zero-order valence-corrected chi connectivity index (χ0v) is 12.1. The Morgan fingerprint density at radius 2 is 1.76 bits per heavy atom. The van der Waals surface area contributed by atoms with E-state index in [1.54, 1.807) is 13.0 Å². The molecule has 2 aromatic carbocycles. The van der Waals surface area contributed by atoms with Crippen LogP contribution in [-0.2, 0) is 6.42 Å². The van der Waals surface area contributed by atoms with Gasteiger partial charge in [0.1, 0.15) is 17.5 Å². The predicted octanol–water partition coefficient (Wildman–Crippen LogP) is 4.31. The Morgan fingerprint density at radius 1 is 1.00 bits per heavy atom. The Hall–Kier alpha value is -1.81. The molecule has 0 aliphatic heterocycles. The van der Waals surface area contributed by atoms with E-state index in [0.717, 1.165) is 11.6 Å². The zero-order valence-electron chi connectivity index (χ0n) is 12.1. The van der Waals surface area contributed by atoms with Crippen LogP contribution < -0.4 is 5.32 Å². The van der Waals surface area contributed by atoms with Crippen LogP contribution in [0, 0.1) is 24.4 Å². The third-order valence-corrected chi connectivity index (χ3v) is 3.49. The summed E-state index contributed by atoms with van der Waals surface area (Å²) in [6.07, 6.45) is 0.336. The van der Waals surface area contributed by atoms with Gasteiger partial charge in [0.15, 0.2) is 0 Å². The lowest BCUT2D eigenvalue weighted by Gasteiger charge is -2.19. The molecule has 0 saturated heterocycles. The van der Waals surface area contributed by atoms with Crippen LogP contribution >= 0.6 is 0 Å². The van der Waals surface area contributed by atoms with Gasteiger partial charge in [-0.05, 0) is 48.7 Å². The smallest absolute Gasteiger partial charge is 0.129 e. The molecular formula is C17H18F3N. The summed E-state index contributed by atoms with van der Waals surface area (Å²) in [6.45, 7) is 4.29. The van der Waals surface area contributed by atoms with Gasteiger partial charge in [-0.2, -0.15) is 0 Å². The first-order valence-corrected chi connectivity index (χ1v) is 6.94. The summed E-state index contributed by atoms with van der Waals surface area (Å²) in [6, 6.07) is 8.31. The molecule has 1 nitrogen and oxygen atoms in total. The van der Waals surface area contributed by atoms with Gasteiger partial charge in [0.05, 0.1) is 0 Å². The molecule has 0 aliphatic rings. The van der Waals surface area contributed by atoms with Crippen molar-refractivity contribution < 1.29 is 13.2 Å². The molecular weight excluding hydrogens is 275 g/mol. The van der Waals surface area contributed by atoms with Crippen LogP contribution in [0.25, 0.3) is 0 Å². The van der Waals surface area contributed by atoms with Crippen molar-refractivity contribution in [1.29, 1.82) is 0 Å².